The first kappa shape index (κ1) is 23.1. The van der Waals surface area contributed by atoms with E-state index < -0.39 is 19.2 Å². The molecule has 0 radical (unpaired) electrons. The summed E-state index contributed by atoms with van der Waals surface area (Å²) in [6.07, 6.45) is -3.48. The molecule has 0 saturated carbocycles. The van der Waals surface area contributed by atoms with Crippen LogP contribution >= 0.6 is 0 Å². The predicted octanol–water partition coefficient (Wildman–Crippen LogP) is 5.36. The van der Waals surface area contributed by atoms with Gasteiger partial charge in [0, 0.05) is 24.2 Å². The Kier molecular flexibility index (Phi) is 7.26. The zero-order valence-corrected chi connectivity index (χ0v) is 17.9. The minimum absolute atomic E-state index is 0.00707. The van der Waals surface area contributed by atoms with E-state index in [1.807, 2.05) is 23.1 Å². The molecule has 1 heterocycles. The van der Waals surface area contributed by atoms with Gasteiger partial charge < -0.3 is 14.4 Å². The number of nitrogens with zero attached hydrogens (tertiary/aromatic N) is 1. The van der Waals surface area contributed by atoms with Crippen molar-refractivity contribution in [3.8, 4) is 5.75 Å². The number of rotatable bonds is 7. The van der Waals surface area contributed by atoms with Crippen LogP contribution in [0.15, 0.2) is 48.5 Å². The highest BCUT2D eigenvalue weighted by molar-refractivity contribution is 5.94. The quantitative estimate of drug-likeness (QED) is 0.550. The molecule has 0 aliphatic carbocycles. The molecule has 2 aromatic rings. The highest BCUT2D eigenvalue weighted by Crippen LogP contribution is 2.35. The molecule has 1 amide bonds. The van der Waals surface area contributed by atoms with E-state index in [1.54, 1.807) is 18.2 Å². The van der Waals surface area contributed by atoms with Crippen LogP contribution in [-0.2, 0) is 16.8 Å². The maximum Gasteiger partial charge on any atom is 0.391 e. The average Bonchev–Trinajstić information content (AvgIpc) is 2.77. The zero-order chi connectivity index (χ0) is 22.5. The molecule has 31 heavy (non-hydrogen) atoms. The lowest BCUT2D eigenvalue weighted by atomic mass is 9.74. The minimum Gasteiger partial charge on any atom is -0.496 e. The number of benzene rings is 2. The van der Waals surface area contributed by atoms with Crippen molar-refractivity contribution < 1.29 is 27.4 Å². The molecule has 0 bridgehead atoms. The standard InChI is InChI=1S/C24H28F3NO3/c1-23(20-6-4-3-5-7-20)10-13-28(14-11-23)22(29)18-8-9-19(21(16-18)30-2)17-31-15-12-24(25,26)27/h3-9,16H,10-15,17H2,1-2H3. The normalized spacial score (nSPS) is 16.2. The zero-order valence-electron chi connectivity index (χ0n) is 17.9. The SMILES string of the molecule is COc1cc(C(=O)N2CCC(C)(c3ccccc3)CC2)ccc1COCCC(F)(F)F. The van der Waals surface area contributed by atoms with Crippen LogP contribution in [0.2, 0.25) is 0 Å². The molecular weight excluding hydrogens is 407 g/mol. The summed E-state index contributed by atoms with van der Waals surface area (Å²) in [4.78, 5) is 14.9. The van der Waals surface area contributed by atoms with Crippen molar-refractivity contribution in [2.75, 3.05) is 26.8 Å². The van der Waals surface area contributed by atoms with Crippen LogP contribution in [0.3, 0.4) is 0 Å². The number of amides is 1. The van der Waals surface area contributed by atoms with Gasteiger partial charge in [-0.2, -0.15) is 13.2 Å². The first-order valence-electron chi connectivity index (χ1n) is 10.4. The largest absolute Gasteiger partial charge is 0.496 e. The molecule has 0 spiro atoms. The van der Waals surface area contributed by atoms with Crippen LogP contribution < -0.4 is 4.74 Å². The fourth-order valence-electron chi connectivity index (χ4n) is 3.88. The van der Waals surface area contributed by atoms with Crippen molar-refractivity contribution in [3.05, 3.63) is 65.2 Å². The number of carbonyl (C=O) groups excluding carboxylic acids is 1. The third kappa shape index (κ3) is 6.00. The van der Waals surface area contributed by atoms with E-state index in [-0.39, 0.29) is 17.9 Å². The van der Waals surface area contributed by atoms with Crippen molar-refractivity contribution in [2.45, 2.75) is 44.4 Å². The van der Waals surface area contributed by atoms with Gasteiger partial charge in [-0.25, -0.2) is 0 Å². The molecule has 7 heteroatoms. The fourth-order valence-corrected chi connectivity index (χ4v) is 3.88. The third-order valence-corrected chi connectivity index (χ3v) is 5.95. The molecule has 3 rings (SSSR count). The Morgan fingerprint density at radius 1 is 1.10 bits per heavy atom. The summed E-state index contributed by atoms with van der Waals surface area (Å²) >= 11 is 0. The van der Waals surface area contributed by atoms with Crippen LogP contribution in [0.4, 0.5) is 13.2 Å². The Morgan fingerprint density at radius 3 is 2.39 bits per heavy atom. The number of hydrogen-bond donors (Lipinski definition) is 0. The second-order valence-corrected chi connectivity index (χ2v) is 8.16. The second-order valence-electron chi connectivity index (χ2n) is 8.16. The van der Waals surface area contributed by atoms with Crippen molar-refractivity contribution in [1.82, 2.24) is 4.90 Å². The number of likely N-dealkylation sites (tertiary alicyclic amines) is 1. The van der Waals surface area contributed by atoms with Gasteiger partial charge in [-0.1, -0.05) is 43.3 Å². The van der Waals surface area contributed by atoms with Gasteiger partial charge in [0.05, 0.1) is 26.7 Å². The maximum atomic E-state index is 13.0. The van der Waals surface area contributed by atoms with Crippen LogP contribution in [0.25, 0.3) is 0 Å². The van der Waals surface area contributed by atoms with E-state index >= 15 is 0 Å². The Hall–Kier alpha value is -2.54. The van der Waals surface area contributed by atoms with E-state index in [1.165, 1.54) is 12.7 Å². The van der Waals surface area contributed by atoms with E-state index in [0.717, 1.165) is 12.8 Å². The van der Waals surface area contributed by atoms with Crippen LogP contribution in [0.1, 0.15) is 47.7 Å². The Bertz CT molecular complexity index is 875. The first-order chi connectivity index (χ1) is 14.7. The fraction of sp³-hybridized carbons (Fsp3) is 0.458. The first-order valence-corrected chi connectivity index (χ1v) is 10.4. The maximum absolute atomic E-state index is 13.0. The molecule has 1 aliphatic heterocycles. The number of halogens is 3. The van der Waals surface area contributed by atoms with Crippen LogP contribution in [0, 0.1) is 0 Å². The lowest BCUT2D eigenvalue weighted by molar-refractivity contribution is -0.146. The number of carbonyl (C=O) groups is 1. The predicted molar refractivity (Wildman–Crippen MR) is 112 cm³/mol. The number of hydrogen-bond acceptors (Lipinski definition) is 3. The third-order valence-electron chi connectivity index (χ3n) is 5.95. The molecule has 2 aromatic carbocycles. The molecule has 1 saturated heterocycles. The molecule has 1 aliphatic rings. The van der Waals surface area contributed by atoms with Crippen LogP contribution in [0.5, 0.6) is 5.75 Å². The Morgan fingerprint density at radius 2 is 1.77 bits per heavy atom. The Labute approximate surface area is 181 Å². The average molecular weight is 435 g/mol. The number of piperidine rings is 1. The summed E-state index contributed by atoms with van der Waals surface area (Å²) in [5, 5.41) is 0. The van der Waals surface area contributed by atoms with Crippen molar-refractivity contribution in [2.24, 2.45) is 0 Å². The summed E-state index contributed by atoms with van der Waals surface area (Å²) in [6, 6.07) is 15.4. The van der Waals surface area contributed by atoms with Crippen molar-refractivity contribution in [1.29, 1.82) is 0 Å². The van der Waals surface area contributed by atoms with Gasteiger partial charge in [-0.05, 0) is 36.0 Å². The highest BCUT2D eigenvalue weighted by Gasteiger charge is 2.33. The van der Waals surface area contributed by atoms with E-state index in [0.29, 0.717) is 30.0 Å². The van der Waals surface area contributed by atoms with Gasteiger partial charge in [-0.15, -0.1) is 0 Å². The number of ether oxygens (including phenoxy) is 2. The molecular formula is C24H28F3NO3. The molecule has 4 nitrogen and oxygen atoms in total. The van der Waals surface area contributed by atoms with E-state index in [2.05, 4.69) is 19.1 Å². The molecule has 1 fully saturated rings. The van der Waals surface area contributed by atoms with E-state index in [9.17, 15) is 18.0 Å². The molecule has 0 aromatic heterocycles. The van der Waals surface area contributed by atoms with E-state index in [4.69, 9.17) is 9.47 Å². The highest BCUT2D eigenvalue weighted by atomic mass is 19.4. The molecule has 0 atom stereocenters. The second kappa shape index (κ2) is 9.73. The van der Waals surface area contributed by atoms with Gasteiger partial charge in [-0.3, -0.25) is 4.79 Å². The van der Waals surface area contributed by atoms with Crippen molar-refractivity contribution in [3.63, 3.8) is 0 Å². The molecule has 0 N–H and O–H groups in total. The monoisotopic (exact) mass is 435 g/mol. The Balaban J connectivity index is 1.60. The summed E-state index contributed by atoms with van der Waals surface area (Å²) in [5.74, 6) is 0.363. The summed E-state index contributed by atoms with van der Waals surface area (Å²) < 4.78 is 47.2. The molecule has 0 unspecified atom stereocenters. The van der Waals surface area contributed by atoms with Gasteiger partial charge >= 0.3 is 6.18 Å². The summed E-state index contributed by atoms with van der Waals surface area (Å²) in [6.45, 7) is 3.14. The molecule has 168 valence electrons. The smallest absolute Gasteiger partial charge is 0.391 e. The lowest BCUT2D eigenvalue weighted by Gasteiger charge is -2.40. The van der Waals surface area contributed by atoms with Gasteiger partial charge in [0.1, 0.15) is 5.75 Å². The number of methoxy groups -OCH3 is 1. The summed E-state index contributed by atoms with van der Waals surface area (Å²) in [7, 11) is 1.47. The topological polar surface area (TPSA) is 38.8 Å². The van der Waals surface area contributed by atoms with Gasteiger partial charge in [0.15, 0.2) is 0 Å². The van der Waals surface area contributed by atoms with Crippen molar-refractivity contribution >= 4 is 5.91 Å². The minimum atomic E-state index is -4.24. The summed E-state index contributed by atoms with van der Waals surface area (Å²) in [5.41, 5.74) is 2.45. The van der Waals surface area contributed by atoms with Gasteiger partial charge in [0.2, 0.25) is 0 Å². The van der Waals surface area contributed by atoms with Crippen LogP contribution in [-0.4, -0.2) is 43.8 Å². The number of alkyl halides is 3. The van der Waals surface area contributed by atoms with Gasteiger partial charge in [0.25, 0.3) is 5.91 Å². The lowest BCUT2D eigenvalue weighted by Crippen LogP contribution is -2.43.